The van der Waals surface area contributed by atoms with E-state index in [2.05, 4.69) is 5.32 Å². The highest BCUT2D eigenvalue weighted by Crippen LogP contribution is 2.32. The zero-order valence-electron chi connectivity index (χ0n) is 16.3. The standard InChI is InChI=1S/C21H27N3O3.ClH/c1-22-12-14-9-10-23(13-14)19(25)15-7-8-17-18(11-15)21(27)24(20(17)26)16-5-3-2-4-6-16;/h7-8,11,14,16,22H,2-6,9-10,12-13H2,1H3;1H. The van der Waals surface area contributed by atoms with Crippen molar-refractivity contribution < 1.29 is 14.4 Å². The first-order chi connectivity index (χ1) is 13.1. The van der Waals surface area contributed by atoms with Gasteiger partial charge in [-0.1, -0.05) is 19.3 Å². The number of nitrogens with zero attached hydrogens (tertiary/aromatic N) is 2. The van der Waals surface area contributed by atoms with Gasteiger partial charge in [-0.2, -0.15) is 0 Å². The Labute approximate surface area is 172 Å². The van der Waals surface area contributed by atoms with Crippen molar-refractivity contribution in [1.29, 1.82) is 0 Å². The van der Waals surface area contributed by atoms with Gasteiger partial charge in [0.1, 0.15) is 0 Å². The number of likely N-dealkylation sites (tertiary alicyclic amines) is 1. The van der Waals surface area contributed by atoms with E-state index in [4.69, 9.17) is 0 Å². The maximum atomic E-state index is 12.9. The summed E-state index contributed by atoms with van der Waals surface area (Å²) in [5, 5.41) is 3.16. The van der Waals surface area contributed by atoms with Crippen LogP contribution in [0.25, 0.3) is 0 Å². The monoisotopic (exact) mass is 405 g/mol. The molecule has 1 atom stereocenters. The lowest BCUT2D eigenvalue weighted by molar-refractivity contribution is 0.0548. The van der Waals surface area contributed by atoms with Gasteiger partial charge in [-0.3, -0.25) is 19.3 Å². The van der Waals surface area contributed by atoms with Gasteiger partial charge in [0.05, 0.1) is 11.1 Å². The Morgan fingerprint density at radius 3 is 2.50 bits per heavy atom. The normalized spacial score (nSPS) is 22.4. The molecule has 152 valence electrons. The number of carbonyl (C=O) groups is 3. The molecule has 1 saturated heterocycles. The Balaban J connectivity index is 0.00000225. The number of imide groups is 1. The number of carbonyl (C=O) groups excluding carboxylic acids is 3. The molecule has 1 N–H and O–H groups in total. The fourth-order valence-electron chi connectivity index (χ4n) is 4.72. The second-order valence-electron chi connectivity index (χ2n) is 8.00. The Bertz CT molecular complexity index is 776. The first-order valence-corrected chi connectivity index (χ1v) is 10.1. The predicted molar refractivity (Wildman–Crippen MR) is 109 cm³/mol. The molecular weight excluding hydrogens is 378 g/mol. The molecule has 1 aliphatic carbocycles. The lowest BCUT2D eigenvalue weighted by atomic mass is 9.94. The molecule has 0 bridgehead atoms. The molecule has 1 saturated carbocycles. The van der Waals surface area contributed by atoms with Gasteiger partial charge in [-0.15, -0.1) is 12.4 Å². The molecule has 3 aliphatic rings. The van der Waals surface area contributed by atoms with Crippen LogP contribution < -0.4 is 5.32 Å². The summed E-state index contributed by atoms with van der Waals surface area (Å²) in [6, 6.07) is 4.99. The molecule has 0 radical (unpaired) electrons. The summed E-state index contributed by atoms with van der Waals surface area (Å²) >= 11 is 0. The molecule has 2 heterocycles. The van der Waals surface area contributed by atoms with E-state index in [1.54, 1.807) is 18.2 Å². The third-order valence-corrected chi connectivity index (χ3v) is 6.17. The third kappa shape index (κ3) is 3.67. The largest absolute Gasteiger partial charge is 0.338 e. The van der Waals surface area contributed by atoms with E-state index in [0.29, 0.717) is 22.6 Å². The maximum absolute atomic E-state index is 12.9. The average molecular weight is 406 g/mol. The highest BCUT2D eigenvalue weighted by Gasteiger charge is 2.40. The molecule has 0 aromatic heterocycles. The lowest BCUT2D eigenvalue weighted by Crippen LogP contribution is -2.40. The number of rotatable bonds is 4. The van der Waals surface area contributed by atoms with E-state index in [0.717, 1.165) is 51.7 Å². The third-order valence-electron chi connectivity index (χ3n) is 6.17. The molecule has 28 heavy (non-hydrogen) atoms. The van der Waals surface area contributed by atoms with Crippen molar-refractivity contribution in [3.05, 3.63) is 34.9 Å². The van der Waals surface area contributed by atoms with E-state index in [9.17, 15) is 14.4 Å². The van der Waals surface area contributed by atoms with Gasteiger partial charge in [0.2, 0.25) is 0 Å². The molecule has 1 aromatic carbocycles. The molecule has 0 spiro atoms. The minimum Gasteiger partial charge on any atom is -0.338 e. The lowest BCUT2D eigenvalue weighted by Gasteiger charge is -2.29. The Kier molecular flexibility index (Phi) is 6.40. The van der Waals surface area contributed by atoms with Crippen molar-refractivity contribution in [2.75, 3.05) is 26.7 Å². The summed E-state index contributed by atoms with van der Waals surface area (Å²) < 4.78 is 0. The molecule has 1 aromatic rings. The smallest absolute Gasteiger partial charge is 0.261 e. The summed E-state index contributed by atoms with van der Waals surface area (Å²) in [5.41, 5.74) is 1.34. The molecule has 2 aliphatic heterocycles. The molecule has 2 fully saturated rings. The summed E-state index contributed by atoms with van der Waals surface area (Å²) in [4.78, 5) is 41.8. The number of hydrogen-bond acceptors (Lipinski definition) is 4. The van der Waals surface area contributed by atoms with Crippen LogP contribution in [0.2, 0.25) is 0 Å². The predicted octanol–water partition coefficient (Wildman–Crippen LogP) is 2.72. The van der Waals surface area contributed by atoms with Crippen LogP contribution in [0.5, 0.6) is 0 Å². The van der Waals surface area contributed by atoms with Crippen LogP contribution in [-0.2, 0) is 0 Å². The summed E-state index contributed by atoms with van der Waals surface area (Å²) in [5.74, 6) is -0.00617. The van der Waals surface area contributed by atoms with E-state index in [1.807, 2.05) is 11.9 Å². The van der Waals surface area contributed by atoms with Crippen molar-refractivity contribution in [2.24, 2.45) is 5.92 Å². The van der Waals surface area contributed by atoms with E-state index in [-0.39, 0.29) is 36.2 Å². The van der Waals surface area contributed by atoms with Crippen LogP contribution in [0.3, 0.4) is 0 Å². The Morgan fingerprint density at radius 1 is 1.07 bits per heavy atom. The van der Waals surface area contributed by atoms with E-state index >= 15 is 0 Å². The van der Waals surface area contributed by atoms with Gasteiger partial charge >= 0.3 is 0 Å². The van der Waals surface area contributed by atoms with Gasteiger partial charge in [0, 0.05) is 24.7 Å². The Hall–Kier alpha value is -1.92. The summed E-state index contributed by atoms with van der Waals surface area (Å²) in [7, 11) is 1.92. The fraction of sp³-hybridized carbons (Fsp3) is 0.571. The fourth-order valence-corrected chi connectivity index (χ4v) is 4.72. The van der Waals surface area contributed by atoms with Gasteiger partial charge in [-0.25, -0.2) is 0 Å². The van der Waals surface area contributed by atoms with Crippen LogP contribution in [0.15, 0.2) is 18.2 Å². The van der Waals surface area contributed by atoms with Crippen LogP contribution in [-0.4, -0.2) is 60.2 Å². The van der Waals surface area contributed by atoms with Crippen molar-refractivity contribution in [3.63, 3.8) is 0 Å². The number of hydrogen-bond donors (Lipinski definition) is 1. The number of nitrogens with one attached hydrogen (secondary N) is 1. The number of halogens is 1. The van der Waals surface area contributed by atoms with E-state index < -0.39 is 0 Å². The van der Waals surface area contributed by atoms with Gasteiger partial charge in [0.25, 0.3) is 17.7 Å². The quantitative estimate of drug-likeness (QED) is 0.782. The van der Waals surface area contributed by atoms with Gasteiger partial charge in [0.15, 0.2) is 0 Å². The van der Waals surface area contributed by atoms with Crippen LogP contribution >= 0.6 is 12.4 Å². The molecular formula is C21H28ClN3O3. The topological polar surface area (TPSA) is 69.7 Å². The summed E-state index contributed by atoms with van der Waals surface area (Å²) in [6.45, 7) is 2.37. The highest BCUT2D eigenvalue weighted by atomic mass is 35.5. The number of fused-ring (bicyclic) bond motifs is 1. The number of amides is 3. The highest BCUT2D eigenvalue weighted by molar-refractivity contribution is 6.22. The maximum Gasteiger partial charge on any atom is 0.261 e. The number of benzene rings is 1. The van der Waals surface area contributed by atoms with Crippen molar-refractivity contribution in [3.8, 4) is 0 Å². The second kappa shape index (κ2) is 8.62. The van der Waals surface area contributed by atoms with Crippen LogP contribution in [0.1, 0.15) is 69.6 Å². The second-order valence-corrected chi connectivity index (χ2v) is 8.00. The molecule has 1 unspecified atom stereocenters. The molecule has 3 amide bonds. The SMILES string of the molecule is CNCC1CCN(C(=O)c2ccc3c(c2)C(=O)N(C2CCCCC2)C3=O)C1.Cl. The Morgan fingerprint density at radius 2 is 1.79 bits per heavy atom. The van der Waals surface area contributed by atoms with E-state index in [1.165, 1.54) is 11.3 Å². The van der Waals surface area contributed by atoms with Crippen molar-refractivity contribution in [2.45, 2.75) is 44.6 Å². The minimum absolute atomic E-state index is 0. The van der Waals surface area contributed by atoms with Gasteiger partial charge < -0.3 is 10.2 Å². The molecule has 7 heteroatoms. The average Bonchev–Trinajstić information content (AvgIpc) is 3.25. The molecule has 4 rings (SSSR count). The first-order valence-electron chi connectivity index (χ1n) is 10.1. The first kappa shape index (κ1) is 20.8. The zero-order chi connectivity index (χ0) is 19.0. The zero-order valence-corrected chi connectivity index (χ0v) is 17.1. The van der Waals surface area contributed by atoms with Crippen molar-refractivity contribution in [1.82, 2.24) is 15.1 Å². The van der Waals surface area contributed by atoms with Crippen LogP contribution in [0, 0.1) is 5.92 Å². The van der Waals surface area contributed by atoms with Crippen molar-refractivity contribution >= 4 is 30.1 Å². The van der Waals surface area contributed by atoms with Crippen LogP contribution in [0.4, 0.5) is 0 Å². The minimum atomic E-state index is -0.231. The van der Waals surface area contributed by atoms with Gasteiger partial charge in [-0.05, 0) is 57.0 Å². The summed E-state index contributed by atoms with van der Waals surface area (Å²) in [6.07, 6.45) is 6.05. The molecule has 6 nitrogen and oxygen atoms in total.